The lowest BCUT2D eigenvalue weighted by Gasteiger charge is -2.11. The highest BCUT2D eigenvalue weighted by atomic mass is 16.3. The van der Waals surface area contributed by atoms with Gasteiger partial charge in [0.05, 0.1) is 0 Å². The van der Waals surface area contributed by atoms with Gasteiger partial charge in [0.25, 0.3) is 0 Å². The molecule has 0 aliphatic rings. The Bertz CT molecular complexity index is 2910. The lowest BCUT2D eigenvalue weighted by molar-refractivity contribution is 0.669. The molecule has 2 heterocycles. The number of fused-ring (bicyclic) bond motifs is 5. The van der Waals surface area contributed by atoms with Crippen LogP contribution < -0.4 is 0 Å². The fourth-order valence-electron chi connectivity index (χ4n) is 7.18. The maximum absolute atomic E-state index is 6.53. The van der Waals surface area contributed by atoms with E-state index in [2.05, 4.69) is 152 Å². The molecule has 10 aromatic rings. The predicted octanol–water partition coefficient (Wildman–Crippen LogP) is 12.4. The summed E-state index contributed by atoms with van der Waals surface area (Å²) < 4.78 is 6.53. The molecule has 8 aromatic carbocycles. The van der Waals surface area contributed by atoms with Crippen molar-refractivity contribution in [2.24, 2.45) is 0 Å². The van der Waals surface area contributed by atoms with E-state index in [9.17, 15) is 0 Å². The van der Waals surface area contributed by atoms with Crippen LogP contribution >= 0.6 is 0 Å². The molecule has 238 valence electrons. The number of furan rings is 1. The summed E-state index contributed by atoms with van der Waals surface area (Å²) in [7, 11) is 0. The Morgan fingerprint density at radius 3 is 1.45 bits per heavy atom. The largest absolute Gasteiger partial charge is 0.456 e. The van der Waals surface area contributed by atoms with Gasteiger partial charge in [0.2, 0.25) is 0 Å². The van der Waals surface area contributed by atoms with Gasteiger partial charge in [-0.25, -0.2) is 15.0 Å². The van der Waals surface area contributed by atoms with Crippen LogP contribution in [0.2, 0.25) is 0 Å². The summed E-state index contributed by atoms with van der Waals surface area (Å²) in [6.07, 6.45) is 0. The SMILES string of the molecule is c1ccc(-c2ccc(-c3nc(-c4ccc5ccccc5c4)nc(-c4cccc5oc6cccc(-c7ccc8ccccc8c7)c6c45)n3)cc2)cc1. The molecule has 0 atom stereocenters. The minimum Gasteiger partial charge on any atom is -0.456 e. The van der Waals surface area contributed by atoms with Crippen LogP contribution in [0.4, 0.5) is 0 Å². The van der Waals surface area contributed by atoms with Crippen LogP contribution in [0.25, 0.3) is 99.9 Å². The molecule has 0 spiro atoms. The Morgan fingerprint density at radius 1 is 0.294 bits per heavy atom. The number of hydrogen-bond donors (Lipinski definition) is 0. The second-order valence-corrected chi connectivity index (χ2v) is 12.8. The van der Waals surface area contributed by atoms with Crippen molar-refractivity contribution in [1.82, 2.24) is 15.0 Å². The zero-order chi connectivity index (χ0) is 33.7. The van der Waals surface area contributed by atoms with Gasteiger partial charge in [-0.05, 0) is 68.1 Å². The lowest BCUT2D eigenvalue weighted by Crippen LogP contribution is -2.00. The second kappa shape index (κ2) is 11.9. The molecule has 0 aliphatic carbocycles. The number of nitrogens with zero attached hydrogens (tertiary/aromatic N) is 3. The highest BCUT2D eigenvalue weighted by molar-refractivity contribution is 6.17. The van der Waals surface area contributed by atoms with E-state index in [4.69, 9.17) is 19.4 Å². The summed E-state index contributed by atoms with van der Waals surface area (Å²) in [5, 5.41) is 6.73. The average molecular weight is 652 g/mol. The van der Waals surface area contributed by atoms with Crippen molar-refractivity contribution >= 4 is 43.5 Å². The monoisotopic (exact) mass is 651 g/mol. The lowest BCUT2D eigenvalue weighted by atomic mass is 9.95. The first-order chi connectivity index (χ1) is 25.2. The van der Waals surface area contributed by atoms with Crippen molar-refractivity contribution in [3.05, 3.63) is 176 Å². The smallest absolute Gasteiger partial charge is 0.164 e. The van der Waals surface area contributed by atoms with Crippen molar-refractivity contribution in [1.29, 1.82) is 0 Å². The zero-order valence-electron chi connectivity index (χ0n) is 27.5. The molecule has 0 aliphatic heterocycles. The van der Waals surface area contributed by atoms with Crippen LogP contribution in [0.15, 0.2) is 180 Å². The summed E-state index contributed by atoms with van der Waals surface area (Å²) in [5.74, 6) is 1.83. The van der Waals surface area contributed by atoms with E-state index in [1.54, 1.807) is 0 Å². The van der Waals surface area contributed by atoms with E-state index in [1.165, 1.54) is 16.2 Å². The molecule has 0 bridgehead atoms. The number of rotatable bonds is 5. The standard InChI is InChI=1S/C47H29N3O/c1-2-10-30(11-3-1)33-20-24-34(25-21-33)45-48-46(38-27-23-32-13-5-7-15-36(32)29-38)50-47(49-45)40-17-9-19-42-44(40)43-39(16-8-18-41(43)51-42)37-26-22-31-12-4-6-14-35(31)28-37/h1-29H. The maximum Gasteiger partial charge on any atom is 0.164 e. The minimum atomic E-state index is 0.594. The average Bonchev–Trinajstić information content (AvgIpc) is 3.60. The molecule has 4 heteroatoms. The van der Waals surface area contributed by atoms with Crippen molar-refractivity contribution in [3.63, 3.8) is 0 Å². The summed E-state index contributed by atoms with van der Waals surface area (Å²) in [6.45, 7) is 0. The van der Waals surface area contributed by atoms with Gasteiger partial charge in [-0.2, -0.15) is 0 Å². The van der Waals surface area contributed by atoms with Gasteiger partial charge in [-0.15, -0.1) is 0 Å². The predicted molar refractivity (Wildman–Crippen MR) is 209 cm³/mol. The van der Waals surface area contributed by atoms with E-state index >= 15 is 0 Å². The number of benzene rings is 8. The van der Waals surface area contributed by atoms with Crippen LogP contribution in [0.1, 0.15) is 0 Å². The summed E-state index contributed by atoms with van der Waals surface area (Å²) in [4.78, 5) is 15.5. The Hall–Kier alpha value is -6.91. The van der Waals surface area contributed by atoms with Gasteiger partial charge in [0, 0.05) is 27.5 Å². The van der Waals surface area contributed by atoms with Crippen molar-refractivity contribution in [2.75, 3.05) is 0 Å². The molecule has 2 aromatic heterocycles. The van der Waals surface area contributed by atoms with Gasteiger partial charge in [-0.1, -0.05) is 152 Å². The molecular formula is C47H29N3O. The van der Waals surface area contributed by atoms with Crippen LogP contribution in [0.5, 0.6) is 0 Å². The van der Waals surface area contributed by atoms with Crippen LogP contribution in [-0.4, -0.2) is 15.0 Å². The third-order valence-electron chi connectivity index (χ3n) is 9.72. The highest BCUT2D eigenvalue weighted by Gasteiger charge is 2.20. The van der Waals surface area contributed by atoms with E-state index in [1.807, 2.05) is 24.3 Å². The van der Waals surface area contributed by atoms with Gasteiger partial charge in [-0.3, -0.25) is 0 Å². The van der Waals surface area contributed by atoms with Crippen LogP contribution in [0.3, 0.4) is 0 Å². The third kappa shape index (κ3) is 5.13. The molecule has 0 unspecified atom stereocenters. The molecule has 0 radical (unpaired) electrons. The first kappa shape index (κ1) is 29.0. The molecule has 0 amide bonds. The summed E-state index contributed by atoms with van der Waals surface area (Å²) in [5.41, 5.74) is 8.89. The Labute approximate surface area is 294 Å². The Balaban J connectivity index is 1.20. The van der Waals surface area contributed by atoms with E-state index in [0.29, 0.717) is 17.5 Å². The van der Waals surface area contributed by atoms with E-state index < -0.39 is 0 Å². The molecular weight excluding hydrogens is 623 g/mol. The Kier molecular flexibility index (Phi) is 6.78. The van der Waals surface area contributed by atoms with E-state index in [0.717, 1.165) is 66.3 Å². The maximum atomic E-state index is 6.53. The molecule has 4 nitrogen and oxygen atoms in total. The first-order valence-corrected chi connectivity index (χ1v) is 17.1. The molecule has 0 saturated heterocycles. The fraction of sp³-hybridized carbons (Fsp3) is 0. The molecule has 0 fully saturated rings. The van der Waals surface area contributed by atoms with Gasteiger partial charge in [0.15, 0.2) is 17.5 Å². The quantitative estimate of drug-likeness (QED) is 0.186. The van der Waals surface area contributed by atoms with Crippen molar-refractivity contribution in [2.45, 2.75) is 0 Å². The third-order valence-corrected chi connectivity index (χ3v) is 9.72. The van der Waals surface area contributed by atoms with E-state index in [-0.39, 0.29) is 0 Å². The van der Waals surface area contributed by atoms with Crippen molar-refractivity contribution in [3.8, 4) is 56.4 Å². The normalized spacial score (nSPS) is 11.5. The van der Waals surface area contributed by atoms with Gasteiger partial charge >= 0.3 is 0 Å². The van der Waals surface area contributed by atoms with Crippen molar-refractivity contribution < 1.29 is 4.42 Å². The van der Waals surface area contributed by atoms with Crippen LogP contribution in [-0.2, 0) is 0 Å². The first-order valence-electron chi connectivity index (χ1n) is 17.1. The second-order valence-electron chi connectivity index (χ2n) is 12.8. The molecule has 51 heavy (non-hydrogen) atoms. The number of hydrogen-bond acceptors (Lipinski definition) is 4. The van der Waals surface area contributed by atoms with Crippen LogP contribution in [0, 0.1) is 0 Å². The molecule has 0 saturated carbocycles. The summed E-state index contributed by atoms with van der Waals surface area (Å²) >= 11 is 0. The zero-order valence-corrected chi connectivity index (χ0v) is 27.5. The van der Waals surface area contributed by atoms with Gasteiger partial charge in [0.1, 0.15) is 11.2 Å². The highest BCUT2D eigenvalue weighted by Crippen LogP contribution is 2.42. The minimum absolute atomic E-state index is 0.594. The fourth-order valence-corrected chi connectivity index (χ4v) is 7.18. The molecule has 0 N–H and O–H groups in total. The number of aromatic nitrogens is 3. The topological polar surface area (TPSA) is 51.8 Å². The molecule has 10 rings (SSSR count). The van der Waals surface area contributed by atoms with Gasteiger partial charge < -0.3 is 4.42 Å². The Morgan fingerprint density at radius 2 is 0.765 bits per heavy atom. The summed E-state index contributed by atoms with van der Waals surface area (Å²) in [6, 6.07) is 61.1.